The standard InChI is InChI=1S/C28H29N5O4/c1-4-37-22-13-8-10-20(16-22)26-24-14-9-15-31(24)27-23(18-32(26)28(35)29-17-25(34)36-3)19(2)30-33(27)21-11-6-5-7-12-21/h5-16,26H,4,17-18H2,1-3H3,(H,29,35)/t26-/m0/s1. The van der Waals surface area contributed by atoms with Gasteiger partial charge in [0.15, 0.2) is 0 Å². The van der Waals surface area contributed by atoms with Crippen LogP contribution in [0.4, 0.5) is 4.79 Å². The van der Waals surface area contributed by atoms with Crippen LogP contribution in [-0.2, 0) is 16.1 Å². The number of benzene rings is 2. The monoisotopic (exact) mass is 499 g/mol. The van der Waals surface area contributed by atoms with Crippen LogP contribution >= 0.6 is 0 Å². The van der Waals surface area contributed by atoms with Gasteiger partial charge in [0, 0.05) is 11.8 Å². The Balaban J connectivity index is 1.68. The number of nitrogens with one attached hydrogen (secondary N) is 1. The van der Waals surface area contributed by atoms with Crippen LogP contribution < -0.4 is 10.1 Å². The largest absolute Gasteiger partial charge is 0.494 e. The first-order chi connectivity index (χ1) is 18.0. The lowest BCUT2D eigenvalue weighted by Gasteiger charge is -2.31. The highest BCUT2D eigenvalue weighted by molar-refractivity contribution is 5.81. The topological polar surface area (TPSA) is 90.6 Å². The van der Waals surface area contributed by atoms with E-state index in [-0.39, 0.29) is 19.1 Å². The molecule has 9 heteroatoms. The lowest BCUT2D eigenvalue weighted by molar-refractivity contribution is -0.139. The van der Waals surface area contributed by atoms with Gasteiger partial charge in [0.05, 0.1) is 43.4 Å². The second-order valence-electron chi connectivity index (χ2n) is 8.71. The second-order valence-corrected chi connectivity index (χ2v) is 8.71. The molecule has 0 bridgehead atoms. The number of amides is 2. The normalized spacial score (nSPS) is 14.4. The Labute approximate surface area is 215 Å². The summed E-state index contributed by atoms with van der Waals surface area (Å²) < 4.78 is 14.5. The van der Waals surface area contributed by atoms with Crippen molar-refractivity contribution < 1.29 is 19.1 Å². The number of aromatic nitrogens is 3. The molecule has 0 fully saturated rings. The van der Waals surface area contributed by atoms with Gasteiger partial charge < -0.3 is 24.3 Å². The number of methoxy groups -OCH3 is 1. The predicted molar refractivity (Wildman–Crippen MR) is 138 cm³/mol. The minimum absolute atomic E-state index is 0.229. The highest BCUT2D eigenvalue weighted by Gasteiger charge is 2.36. The highest BCUT2D eigenvalue weighted by atomic mass is 16.5. The molecule has 2 aromatic heterocycles. The van der Waals surface area contributed by atoms with Crippen LogP contribution in [0.25, 0.3) is 11.5 Å². The molecule has 2 amide bonds. The van der Waals surface area contributed by atoms with Crippen molar-refractivity contribution in [1.82, 2.24) is 24.6 Å². The van der Waals surface area contributed by atoms with Crippen LogP contribution in [0.2, 0.25) is 0 Å². The van der Waals surface area contributed by atoms with E-state index in [9.17, 15) is 9.59 Å². The molecule has 3 heterocycles. The fraction of sp³-hybridized carbons (Fsp3) is 0.250. The van der Waals surface area contributed by atoms with Crippen molar-refractivity contribution in [2.75, 3.05) is 20.3 Å². The van der Waals surface area contributed by atoms with Crippen molar-refractivity contribution in [2.45, 2.75) is 26.4 Å². The summed E-state index contributed by atoms with van der Waals surface area (Å²) >= 11 is 0. The van der Waals surface area contributed by atoms with E-state index < -0.39 is 12.0 Å². The second kappa shape index (κ2) is 10.2. The lowest BCUT2D eigenvalue weighted by atomic mass is 10.0. The van der Waals surface area contributed by atoms with Gasteiger partial charge >= 0.3 is 12.0 Å². The van der Waals surface area contributed by atoms with Crippen molar-refractivity contribution in [3.05, 3.63) is 95.4 Å². The maximum absolute atomic E-state index is 13.6. The zero-order valence-electron chi connectivity index (χ0n) is 21.0. The molecule has 2 aromatic carbocycles. The fourth-order valence-electron chi connectivity index (χ4n) is 4.76. The Morgan fingerprint density at radius 2 is 1.89 bits per heavy atom. The Morgan fingerprint density at radius 1 is 1.08 bits per heavy atom. The van der Waals surface area contributed by atoms with E-state index in [0.717, 1.165) is 39.8 Å². The Hall–Kier alpha value is -4.53. The SMILES string of the molecule is CCOc1cccc([C@H]2c3cccn3-c3c(c(C)nn3-c3ccccc3)CN2C(=O)NCC(=O)OC)c1. The molecule has 0 saturated heterocycles. The number of aryl methyl sites for hydroxylation is 1. The molecule has 0 radical (unpaired) electrons. The predicted octanol–water partition coefficient (Wildman–Crippen LogP) is 4.16. The summed E-state index contributed by atoms with van der Waals surface area (Å²) in [5.74, 6) is 1.08. The third kappa shape index (κ3) is 4.55. The van der Waals surface area contributed by atoms with Crippen LogP contribution in [0.5, 0.6) is 5.75 Å². The summed E-state index contributed by atoms with van der Waals surface area (Å²) in [4.78, 5) is 27.2. The molecule has 1 aliphatic heterocycles. The maximum atomic E-state index is 13.6. The average Bonchev–Trinajstić information content (AvgIpc) is 3.48. The first-order valence-electron chi connectivity index (χ1n) is 12.2. The van der Waals surface area contributed by atoms with Gasteiger partial charge in [0.2, 0.25) is 0 Å². The number of fused-ring (bicyclic) bond motifs is 3. The van der Waals surface area contributed by atoms with Gasteiger partial charge in [-0.1, -0.05) is 30.3 Å². The molecule has 1 aliphatic rings. The molecule has 5 rings (SSSR count). The van der Waals surface area contributed by atoms with E-state index in [1.165, 1.54) is 7.11 Å². The van der Waals surface area contributed by atoms with E-state index >= 15 is 0 Å². The van der Waals surface area contributed by atoms with Gasteiger partial charge in [-0.15, -0.1) is 0 Å². The summed E-state index contributed by atoms with van der Waals surface area (Å²) in [6.45, 7) is 4.47. The summed E-state index contributed by atoms with van der Waals surface area (Å²) in [7, 11) is 1.29. The summed E-state index contributed by atoms with van der Waals surface area (Å²) in [6.07, 6.45) is 1.99. The average molecular weight is 500 g/mol. The van der Waals surface area contributed by atoms with Gasteiger partial charge in [-0.3, -0.25) is 4.79 Å². The highest BCUT2D eigenvalue weighted by Crippen LogP contribution is 2.39. The van der Waals surface area contributed by atoms with Crippen molar-refractivity contribution in [2.24, 2.45) is 0 Å². The molecule has 190 valence electrons. The minimum atomic E-state index is -0.518. The van der Waals surface area contributed by atoms with Crippen LogP contribution in [0, 0.1) is 6.92 Å². The molecule has 0 spiro atoms. The third-order valence-corrected chi connectivity index (χ3v) is 6.44. The molecule has 1 N–H and O–H groups in total. The number of ether oxygens (including phenoxy) is 2. The molecule has 0 unspecified atom stereocenters. The van der Waals surface area contributed by atoms with E-state index in [1.807, 2.05) is 91.5 Å². The van der Waals surface area contributed by atoms with Crippen LogP contribution in [0.1, 0.15) is 35.5 Å². The number of para-hydroxylation sites is 1. The zero-order valence-corrected chi connectivity index (χ0v) is 21.0. The van der Waals surface area contributed by atoms with Crippen molar-refractivity contribution in [3.63, 3.8) is 0 Å². The molecule has 0 saturated carbocycles. The van der Waals surface area contributed by atoms with E-state index in [4.69, 9.17) is 14.6 Å². The fourth-order valence-corrected chi connectivity index (χ4v) is 4.76. The van der Waals surface area contributed by atoms with Gasteiger partial charge in [-0.25, -0.2) is 9.48 Å². The number of esters is 1. The number of hydrogen-bond acceptors (Lipinski definition) is 5. The zero-order chi connectivity index (χ0) is 25.9. The van der Waals surface area contributed by atoms with Gasteiger partial charge in [0.25, 0.3) is 0 Å². The quantitative estimate of drug-likeness (QED) is 0.403. The Morgan fingerprint density at radius 3 is 2.65 bits per heavy atom. The maximum Gasteiger partial charge on any atom is 0.325 e. The molecule has 1 atom stereocenters. The summed E-state index contributed by atoms with van der Waals surface area (Å²) in [5.41, 5.74) is 4.43. The van der Waals surface area contributed by atoms with Crippen molar-refractivity contribution in [1.29, 1.82) is 0 Å². The first-order valence-corrected chi connectivity index (χ1v) is 12.2. The molecule has 4 aromatic rings. The molecule has 0 aliphatic carbocycles. The van der Waals surface area contributed by atoms with Crippen LogP contribution in [0.15, 0.2) is 72.9 Å². The van der Waals surface area contributed by atoms with Gasteiger partial charge in [-0.2, -0.15) is 5.10 Å². The van der Waals surface area contributed by atoms with Crippen LogP contribution in [-0.4, -0.2) is 51.5 Å². The number of nitrogens with zero attached hydrogens (tertiary/aromatic N) is 4. The van der Waals surface area contributed by atoms with E-state index in [1.54, 1.807) is 4.90 Å². The Kier molecular flexibility index (Phi) is 6.68. The number of urea groups is 1. The summed E-state index contributed by atoms with van der Waals surface area (Å²) in [6, 6.07) is 20.8. The van der Waals surface area contributed by atoms with Gasteiger partial charge in [-0.05, 0) is 55.8 Å². The first kappa shape index (κ1) is 24.2. The summed E-state index contributed by atoms with van der Waals surface area (Å²) in [5, 5.41) is 7.57. The number of carbonyl (C=O) groups excluding carboxylic acids is 2. The van der Waals surface area contributed by atoms with E-state index in [0.29, 0.717) is 6.61 Å². The lowest BCUT2D eigenvalue weighted by Crippen LogP contribution is -2.44. The van der Waals surface area contributed by atoms with E-state index in [2.05, 4.69) is 9.88 Å². The van der Waals surface area contributed by atoms with Crippen LogP contribution in [0.3, 0.4) is 0 Å². The molecule has 37 heavy (non-hydrogen) atoms. The minimum Gasteiger partial charge on any atom is -0.494 e. The number of carbonyl (C=O) groups is 2. The molecular weight excluding hydrogens is 470 g/mol. The van der Waals surface area contributed by atoms with Crippen molar-refractivity contribution >= 4 is 12.0 Å². The molecular formula is C28H29N5O4. The Bertz CT molecular complexity index is 1430. The van der Waals surface area contributed by atoms with Gasteiger partial charge in [0.1, 0.15) is 18.1 Å². The molecule has 9 nitrogen and oxygen atoms in total. The number of rotatable bonds is 6. The number of hydrogen-bond donors (Lipinski definition) is 1. The smallest absolute Gasteiger partial charge is 0.325 e. The van der Waals surface area contributed by atoms with Crippen molar-refractivity contribution in [3.8, 4) is 17.3 Å². The third-order valence-electron chi connectivity index (χ3n) is 6.44.